The number of hydrogen-bond donors (Lipinski definition) is 2. The highest BCUT2D eigenvalue weighted by molar-refractivity contribution is 9.11. The largest absolute Gasteiger partial charge is 0.477 e. The predicted molar refractivity (Wildman–Crippen MR) is 75.1 cm³/mol. The van der Waals surface area contributed by atoms with Crippen molar-refractivity contribution in [2.75, 3.05) is 13.7 Å². The summed E-state index contributed by atoms with van der Waals surface area (Å²) in [7, 11) is -2.54. The van der Waals surface area contributed by atoms with E-state index >= 15 is 0 Å². The van der Waals surface area contributed by atoms with Crippen molar-refractivity contribution in [3.63, 3.8) is 0 Å². The summed E-state index contributed by atoms with van der Waals surface area (Å²) in [5.74, 6) is -1.18. The number of aliphatic hydroxyl groups is 1. The lowest BCUT2D eigenvalue weighted by Gasteiger charge is -2.32. The second-order valence-electron chi connectivity index (χ2n) is 4.50. The van der Waals surface area contributed by atoms with Crippen molar-refractivity contribution in [1.82, 2.24) is 4.31 Å². The summed E-state index contributed by atoms with van der Waals surface area (Å²) in [5, 5.41) is 18.1. The first-order valence-electron chi connectivity index (χ1n) is 5.16. The van der Waals surface area contributed by atoms with E-state index in [0.29, 0.717) is 0 Å². The molecule has 0 bridgehead atoms. The summed E-state index contributed by atoms with van der Waals surface area (Å²) in [5.41, 5.74) is -0.983. The van der Waals surface area contributed by atoms with Crippen LogP contribution in [0.3, 0.4) is 0 Å². The molecule has 6 nitrogen and oxygen atoms in total. The molecule has 108 valence electrons. The van der Waals surface area contributed by atoms with Gasteiger partial charge in [-0.05, 0) is 35.8 Å². The van der Waals surface area contributed by atoms with E-state index in [9.17, 15) is 18.3 Å². The fourth-order valence-corrected chi connectivity index (χ4v) is 5.06. The first-order chi connectivity index (χ1) is 8.54. The third-order valence-corrected chi connectivity index (χ3v) is 7.05. The molecule has 0 amide bonds. The lowest BCUT2D eigenvalue weighted by atomic mass is 10.1. The molecule has 1 heterocycles. The fraction of sp³-hybridized carbons (Fsp3) is 0.500. The average molecular weight is 372 g/mol. The molecule has 1 aromatic rings. The molecule has 0 spiro atoms. The van der Waals surface area contributed by atoms with Gasteiger partial charge in [0.05, 0.1) is 15.9 Å². The molecule has 0 atom stereocenters. The van der Waals surface area contributed by atoms with E-state index in [1.165, 1.54) is 7.05 Å². The molecule has 0 unspecified atom stereocenters. The summed E-state index contributed by atoms with van der Waals surface area (Å²) < 4.78 is 26.0. The summed E-state index contributed by atoms with van der Waals surface area (Å²) in [6, 6.07) is 1.11. The highest BCUT2D eigenvalue weighted by Crippen LogP contribution is 2.35. The van der Waals surface area contributed by atoms with Crippen molar-refractivity contribution in [1.29, 1.82) is 0 Å². The molecule has 19 heavy (non-hydrogen) atoms. The summed E-state index contributed by atoms with van der Waals surface area (Å²) in [6.45, 7) is 2.79. The Balaban J connectivity index is 3.32. The number of carboxylic acid groups (broad SMARTS) is 1. The van der Waals surface area contributed by atoms with Crippen LogP contribution in [0.5, 0.6) is 0 Å². The predicted octanol–water partition coefficient (Wildman–Crippen LogP) is 1.60. The third kappa shape index (κ3) is 3.16. The monoisotopic (exact) mass is 371 g/mol. The van der Waals surface area contributed by atoms with Gasteiger partial charge in [-0.3, -0.25) is 0 Å². The first kappa shape index (κ1) is 16.6. The Morgan fingerprint density at radius 2 is 2.05 bits per heavy atom. The van der Waals surface area contributed by atoms with Crippen LogP contribution >= 0.6 is 27.3 Å². The summed E-state index contributed by atoms with van der Waals surface area (Å²) in [6.07, 6.45) is 0. The molecular formula is C10H14BrNO5S2. The molecule has 0 aliphatic heterocycles. The molecular weight excluding hydrogens is 358 g/mol. The normalized spacial score (nSPS) is 12.9. The molecule has 0 radical (unpaired) electrons. The lowest BCUT2D eigenvalue weighted by molar-refractivity contribution is 0.0702. The maximum Gasteiger partial charge on any atom is 0.345 e. The van der Waals surface area contributed by atoms with Crippen molar-refractivity contribution < 1.29 is 23.4 Å². The maximum absolute atomic E-state index is 12.4. The van der Waals surface area contributed by atoms with Crippen LogP contribution < -0.4 is 0 Å². The highest BCUT2D eigenvalue weighted by atomic mass is 79.9. The van der Waals surface area contributed by atoms with Gasteiger partial charge in [-0.15, -0.1) is 11.3 Å². The van der Waals surface area contributed by atoms with E-state index in [0.717, 1.165) is 21.7 Å². The zero-order chi connectivity index (χ0) is 15.0. The molecule has 0 saturated heterocycles. The smallest absolute Gasteiger partial charge is 0.345 e. The van der Waals surface area contributed by atoms with E-state index in [1.54, 1.807) is 13.8 Å². The standard InChI is InChI=1S/C10H14BrNO5S2/c1-10(2,5-13)12(3)19(16,17)7-4-6(9(14)15)18-8(7)11/h4,13H,5H2,1-3H3,(H,14,15). The maximum atomic E-state index is 12.4. The Morgan fingerprint density at radius 1 is 1.53 bits per heavy atom. The Bertz CT molecular complexity index is 593. The number of halogens is 1. The molecule has 2 N–H and O–H groups in total. The van der Waals surface area contributed by atoms with E-state index in [-0.39, 0.29) is 20.2 Å². The minimum Gasteiger partial charge on any atom is -0.477 e. The average Bonchev–Trinajstić information content (AvgIpc) is 2.71. The first-order valence-corrected chi connectivity index (χ1v) is 8.21. The number of nitrogens with zero attached hydrogens (tertiary/aromatic N) is 1. The van der Waals surface area contributed by atoms with Gasteiger partial charge in [-0.25, -0.2) is 13.2 Å². The van der Waals surface area contributed by atoms with Gasteiger partial charge in [0.2, 0.25) is 10.0 Å². The minimum atomic E-state index is -3.88. The van der Waals surface area contributed by atoms with Gasteiger partial charge in [0.25, 0.3) is 0 Å². The van der Waals surface area contributed by atoms with Crippen LogP contribution in [0, 0.1) is 0 Å². The van der Waals surface area contributed by atoms with E-state index in [4.69, 9.17) is 5.11 Å². The molecule has 9 heteroatoms. The number of aliphatic hydroxyl groups excluding tert-OH is 1. The second kappa shape index (κ2) is 5.49. The number of carbonyl (C=O) groups is 1. The minimum absolute atomic E-state index is 0.0688. The Labute approximate surface area is 123 Å². The van der Waals surface area contributed by atoms with Crippen LogP contribution in [0.15, 0.2) is 14.7 Å². The third-order valence-electron chi connectivity index (χ3n) is 2.74. The number of rotatable bonds is 5. The van der Waals surface area contributed by atoms with Gasteiger partial charge >= 0.3 is 5.97 Å². The number of aromatic carboxylic acids is 1. The number of hydrogen-bond acceptors (Lipinski definition) is 5. The molecule has 0 aliphatic carbocycles. The van der Waals surface area contributed by atoms with Crippen LogP contribution in [0.1, 0.15) is 23.5 Å². The lowest BCUT2D eigenvalue weighted by Crippen LogP contribution is -2.47. The van der Waals surface area contributed by atoms with Gasteiger partial charge in [-0.1, -0.05) is 0 Å². The van der Waals surface area contributed by atoms with Crippen molar-refractivity contribution in [2.24, 2.45) is 0 Å². The van der Waals surface area contributed by atoms with Gasteiger partial charge in [0.1, 0.15) is 9.77 Å². The number of likely N-dealkylation sites (N-methyl/N-ethyl adjacent to an activating group) is 1. The van der Waals surface area contributed by atoms with Gasteiger partial charge in [0, 0.05) is 7.05 Å². The SMILES string of the molecule is CN(C(C)(C)CO)S(=O)(=O)c1cc(C(=O)O)sc1Br. The molecule has 0 fully saturated rings. The van der Waals surface area contributed by atoms with Crippen LogP contribution in [-0.2, 0) is 10.0 Å². The Kier molecular flexibility index (Phi) is 4.79. The Morgan fingerprint density at radius 3 is 2.42 bits per heavy atom. The van der Waals surface area contributed by atoms with Gasteiger partial charge < -0.3 is 10.2 Å². The van der Waals surface area contributed by atoms with Crippen LogP contribution in [-0.4, -0.2) is 48.1 Å². The van der Waals surface area contributed by atoms with Crippen molar-refractivity contribution >= 4 is 43.3 Å². The van der Waals surface area contributed by atoms with E-state index in [2.05, 4.69) is 15.9 Å². The number of carboxylic acids is 1. The molecule has 1 rings (SSSR count). The molecule has 1 aromatic heterocycles. The number of thiophene rings is 1. The highest BCUT2D eigenvalue weighted by Gasteiger charge is 2.36. The van der Waals surface area contributed by atoms with Crippen molar-refractivity contribution in [2.45, 2.75) is 24.3 Å². The van der Waals surface area contributed by atoms with E-state index in [1.807, 2.05) is 0 Å². The van der Waals surface area contributed by atoms with Gasteiger partial charge in [-0.2, -0.15) is 4.31 Å². The molecule has 0 aromatic carbocycles. The summed E-state index contributed by atoms with van der Waals surface area (Å²) in [4.78, 5) is 10.7. The molecule has 0 saturated carbocycles. The van der Waals surface area contributed by atoms with Crippen LogP contribution in [0.4, 0.5) is 0 Å². The summed E-state index contributed by atoms with van der Waals surface area (Å²) >= 11 is 3.90. The zero-order valence-electron chi connectivity index (χ0n) is 10.5. The zero-order valence-corrected chi connectivity index (χ0v) is 13.8. The topological polar surface area (TPSA) is 94.9 Å². The second-order valence-corrected chi connectivity index (χ2v) is 8.80. The Hall–Kier alpha value is -0.480. The quantitative estimate of drug-likeness (QED) is 0.819. The van der Waals surface area contributed by atoms with Crippen LogP contribution in [0.25, 0.3) is 0 Å². The van der Waals surface area contributed by atoms with Crippen molar-refractivity contribution in [3.8, 4) is 0 Å². The van der Waals surface area contributed by atoms with Gasteiger partial charge in [0.15, 0.2) is 0 Å². The fourth-order valence-electron chi connectivity index (χ4n) is 1.21. The number of sulfonamides is 1. The van der Waals surface area contributed by atoms with Crippen molar-refractivity contribution in [3.05, 3.63) is 14.7 Å². The van der Waals surface area contributed by atoms with E-state index < -0.39 is 21.5 Å². The molecule has 0 aliphatic rings. The van der Waals surface area contributed by atoms with Crippen LogP contribution in [0.2, 0.25) is 0 Å².